The van der Waals surface area contributed by atoms with Crippen LogP contribution in [0.25, 0.3) is 0 Å². The molecule has 2 unspecified atom stereocenters. The van der Waals surface area contributed by atoms with Crippen molar-refractivity contribution in [2.75, 3.05) is 0 Å². The van der Waals surface area contributed by atoms with Gasteiger partial charge >= 0.3 is 0 Å². The van der Waals surface area contributed by atoms with Crippen LogP contribution in [0.3, 0.4) is 0 Å². The van der Waals surface area contributed by atoms with Gasteiger partial charge in [-0.3, -0.25) is 0 Å². The minimum atomic E-state index is -0.0325. The molecule has 1 aliphatic rings. The first-order chi connectivity index (χ1) is 8.76. The molecule has 1 aliphatic carbocycles. The van der Waals surface area contributed by atoms with E-state index in [9.17, 15) is 5.11 Å². The molecule has 0 radical (unpaired) electrons. The monoisotopic (exact) mass is 254 g/mol. The van der Waals surface area contributed by atoms with Gasteiger partial charge in [0.15, 0.2) is 0 Å². The molecule has 0 heterocycles. The maximum atomic E-state index is 10.3. The highest BCUT2D eigenvalue weighted by atomic mass is 16.3. The van der Waals surface area contributed by atoms with E-state index in [2.05, 4.69) is 13.8 Å². The third-order valence-electron chi connectivity index (χ3n) is 4.73. The normalized spacial score (nSPS) is 21.5. The largest absolute Gasteiger partial charge is 0.393 e. The van der Waals surface area contributed by atoms with Crippen molar-refractivity contribution < 1.29 is 5.11 Å². The van der Waals surface area contributed by atoms with Crippen molar-refractivity contribution in [2.24, 2.45) is 11.8 Å². The zero-order valence-corrected chi connectivity index (χ0v) is 12.7. The number of hydrogen-bond donors (Lipinski definition) is 1. The molecule has 0 bridgehead atoms. The van der Waals surface area contributed by atoms with Gasteiger partial charge in [0.05, 0.1) is 6.10 Å². The summed E-state index contributed by atoms with van der Waals surface area (Å²) in [5.41, 5.74) is 0. The third-order valence-corrected chi connectivity index (χ3v) is 4.73. The van der Waals surface area contributed by atoms with Crippen molar-refractivity contribution in [1.82, 2.24) is 0 Å². The maximum Gasteiger partial charge on any atom is 0.0545 e. The van der Waals surface area contributed by atoms with E-state index in [0.29, 0.717) is 0 Å². The summed E-state index contributed by atoms with van der Waals surface area (Å²) in [6, 6.07) is 0. The molecule has 1 rings (SSSR count). The Morgan fingerprint density at radius 3 is 2.28 bits per heavy atom. The fourth-order valence-corrected chi connectivity index (χ4v) is 3.45. The van der Waals surface area contributed by atoms with Gasteiger partial charge in [-0.25, -0.2) is 0 Å². The van der Waals surface area contributed by atoms with Crippen LogP contribution in [-0.4, -0.2) is 11.2 Å². The first-order valence-electron chi connectivity index (χ1n) is 8.44. The lowest BCUT2D eigenvalue weighted by atomic mass is 9.87. The molecule has 0 aromatic rings. The van der Waals surface area contributed by atoms with E-state index in [1.54, 1.807) is 0 Å². The highest BCUT2D eigenvalue weighted by Crippen LogP contribution is 2.29. The van der Waals surface area contributed by atoms with E-state index in [1.165, 1.54) is 64.2 Å². The van der Waals surface area contributed by atoms with Crippen LogP contribution in [0, 0.1) is 11.8 Å². The molecule has 0 aromatic heterocycles. The van der Waals surface area contributed by atoms with E-state index in [-0.39, 0.29) is 6.10 Å². The average Bonchev–Trinajstić information content (AvgIpc) is 2.63. The van der Waals surface area contributed by atoms with Gasteiger partial charge in [-0.1, -0.05) is 78.1 Å². The maximum absolute atomic E-state index is 10.3. The predicted octanol–water partition coefficient (Wildman–Crippen LogP) is 5.31. The van der Waals surface area contributed by atoms with Crippen molar-refractivity contribution >= 4 is 0 Å². The first kappa shape index (κ1) is 16.0. The molecule has 1 saturated carbocycles. The second-order valence-corrected chi connectivity index (χ2v) is 6.40. The summed E-state index contributed by atoms with van der Waals surface area (Å²) in [5.74, 6) is 1.57. The molecule has 1 fully saturated rings. The minimum Gasteiger partial charge on any atom is -0.393 e. The van der Waals surface area contributed by atoms with Gasteiger partial charge in [-0.15, -0.1) is 0 Å². The topological polar surface area (TPSA) is 20.2 Å². The second-order valence-electron chi connectivity index (χ2n) is 6.40. The Labute approximate surface area is 114 Å². The lowest BCUT2D eigenvalue weighted by Crippen LogP contribution is -2.17. The van der Waals surface area contributed by atoms with Crippen LogP contribution in [0.1, 0.15) is 90.9 Å². The Balaban J connectivity index is 2.22. The van der Waals surface area contributed by atoms with Gasteiger partial charge in [0.25, 0.3) is 0 Å². The molecular weight excluding hydrogens is 220 g/mol. The SMILES string of the molecule is CCCCC(CC)CC(O)CC1CCCCCC1. The zero-order chi connectivity index (χ0) is 13.2. The highest BCUT2D eigenvalue weighted by molar-refractivity contribution is 4.71. The number of aliphatic hydroxyl groups is 1. The number of unbranched alkanes of at least 4 members (excludes halogenated alkanes) is 1. The highest BCUT2D eigenvalue weighted by Gasteiger charge is 2.19. The third kappa shape index (κ3) is 6.78. The predicted molar refractivity (Wildman–Crippen MR) is 79.7 cm³/mol. The average molecular weight is 254 g/mol. The summed E-state index contributed by atoms with van der Waals surface area (Å²) in [7, 11) is 0. The quantitative estimate of drug-likeness (QED) is 0.582. The number of aliphatic hydroxyl groups excluding tert-OH is 1. The van der Waals surface area contributed by atoms with Gasteiger partial charge in [0.1, 0.15) is 0 Å². The standard InChI is InChI=1S/C17H34O/c1-3-5-10-15(4-2)13-17(18)14-16-11-8-6-7-9-12-16/h15-18H,3-14H2,1-2H3. The van der Waals surface area contributed by atoms with Gasteiger partial charge in [-0.2, -0.15) is 0 Å². The summed E-state index contributed by atoms with van der Waals surface area (Å²) in [6.45, 7) is 4.54. The molecule has 0 amide bonds. The van der Waals surface area contributed by atoms with Gasteiger partial charge in [0.2, 0.25) is 0 Å². The van der Waals surface area contributed by atoms with Crippen molar-refractivity contribution in [3.63, 3.8) is 0 Å². The molecule has 18 heavy (non-hydrogen) atoms. The van der Waals surface area contributed by atoms with Gasteiger partial charge in [0, 0.05) is 0 Å². The Kier molecular flexibility index (Phi) is 8.75. The lowest BCUT2D eigenvalue weighted by Gasteiger charge is -2.22. The fourth-order valence-electron chi connectivity index (χ4n) is 3.45. The van der Waals surface area contributed by atoms with E-state index >= 15 is 0 Å². The van der Waals surface area contributed by atoms with Crippen LogP contribution in [0.2, 0.25) is 0 Å². The first-order valence-corrected chi connectivity index (χ1v) is 8.44. The van der Waals surface area contributed by atoms with Crippen LogP contribution in [0.4, 0.5) is 0 Å². The molecular formula is C17H34O. The summed E-state index contributed by atoms with van der Waals surface area (Å²) in [4.78, 5) is 0. The van der Waals surface area contributed by atoms with E-state index in [1.807, 2.05) is 0 Å². The summed E-state index contributed by atoms with van der Waals surface area (Å²) >= 11 is 0. The Morgan fingerprint density at radius 1 is 1.06 bits per heavy atom. The molecule has 0 spiro atoms. The van der Waals surface area contributed by atoms with Crippen LogP contribution in [-0.2, 0) is 0 Å². The van der Waals surface area contributed by atoms with Crippen molar-refractivity contribution in [3.05, 3.63) is 0 Å². The fraction of sp³-hybridized carbons (Fsp3) is 1.00. The van der Waals surface area contributed by atoms with E-state index in [0.717, 1.165) is 24.7 Å². The van der Waals surface area contributed by atoms with Crippen molar-refractivity contribution in [3.8, 4) is 0 Å². The summed E-state index contributed by atoms with van der Waals surface area (Å²) < 4.78 is 0. The van der Waals surface area contributed by atoms with Gasteiger partial charge < -0.3 is 5.11 Å². The van der Waals surface area contributed by atoms with Crippen LogP contribution in [0.5, 0.6) is 0 Å². The molecule has 2 atom stereocenters. The Morgan fingerprint density at radius 2 is 1.72 bits per heavy atom. The molecule has 0 saturated heterocycles. The lowest BCUT2D eigenvalue weighted by molar-refractivity contribution is 0.106. The van der Waals surface area contributed by atoms with Crippen molar-refractivity contribution in [2.45, 2.75) is 97.0 Å². The molecule has 108 valence electrons. The van der Waals surface area contributed by atoms with Gasteiger partial charge in [-0.05, 0) is 24.7 Å². The molecule has 1 nitrogen and oxygen atoms in total. The molecule has 1 N–H and O–H groups in total. The molecule has 0 aliphatic heterocycles. The second kappa shape index (κ2) is 9.83. The Hall–Kier alpha value is -0.0400. The summed E-state index contributed by atoms with van der Waals surface area (Å²) in [6.07, 6.45) is 15.6. The molecule has 1 heteroatoms. The number of hydrogen-bond acceptors (Lipinski definition) is 1. The minimum absolute atomic E-state index is 0.0325. The molecule has 0 aromatic carbocycles. The zero-order valence-electron chi connectivity index (χ0n) is 12.7. The number of rotatable bonds is 8. The van der Waals surface area contributed by atoms with Crippen LogP contribution < -0.4 is 0 Å². The summed E-state index contributed by atoms with van der Waals surface area (Å²) in [5, 5.41) is 10.3. The van der Waals surface area contributed by atoms with Crippen LogP contribution >= 0.6 is 0 Å². The van der Waals surface area contributed by atoms with E-state index < -0.39 is 0 Å². The van der Waals surface area contributed by atoms with E-state index in [4.69, 9.17) is 0 Å². The van der Waals surface area contributed by atoms with Crippen LogP contribution in [0.15, 0.2) is 0 Å². The Bertz CT molecular complexity index is 182. The van der Waals surface area contributed by atoms with Crippen molar-refractivity contribution in [1.29, 1.82) is 0 Å². The smallest absolute Gasteiger partial charge is 0.0545 e.